The van der Waals surface area contributed by atoms with Crippen molar-refractivity contribution in [1.82, 2.24) is 0 Å². The number of allylic oxidation sites excluding steroid dienone is 4. The quantitative estimate of drug-likeness (QED) is 0.210. The summed E-state index contributed by atoms with van der Waals surface area (Å²) in [4.78, 5) is 0. The first-order valence-corrected chi connectivity index (χ1v) is 2.15. The van der Waals surface area contributed by atoms with Gasteiger partial charge in [-0.2, -0.15) is 0 Å². The summed E-state index contributed by atoms with van der Waals surface area (Å²) in [5, 5.41) is 0. The molecule has 0 N–H and O–H groups in total. The zero-order valence-electron chi connectivity index (χ0n) is 5.59. The van der Waals surface area contributed by atoms with Crippen LogP contribution < -0.4 is 37.7 Å². The van der Waals surface area contributed by atoms with Gasteiger partial charge in [-0.15, -0.1) is 12.2 Å². The molecule has 1 aliphatic rings. The second kappa shape index (κ2) is 7.54. The van der Waals surface area contributed by atoms with Gasteiger partial charge in [0.05, 0.1) is 0 Å². The molecule has 2 heteroatoms. The van der Waals surface area contributed by atoms with Gasteiger partial charge in [0.15, 0.2) is 0 Å². The van der Waals surface area contributed by atoms with Crippen LogP contribution in [0.25, 0.3) is 0 Å². The van der Waals surface area contributed by atoms with E-state index < -0.39 is 0 Å². The normalized spacial score (nSPS) is 13.0. The average Bonchev–Trinajstić information content (AvgIpc) is 1.72. The molecule has 32 valence electrons. The summed E-state index contributed by atoms with van der Waals surface area (Å²) in [7, 11) is 0. The summed E-state index contributed by atoms with van der Waals surface area (Å²) in [6.45, 7) is 0. The summed E-state index contributed by atoms with van der Waals surface area (Å²) in [5.74, 6) is 0. The molecule has 0 aliphatic heterocycles. The summed E-state index contributed by atoms with van der Waals surface area (Å²) in [6.07, 6.45) is 11.5. The predicted molar refractivity (Wildman–Crippen MR) is 27.2 cm³/mol. The van der Waals surface area contributed by atoms with E-state index in [0.717, 1.165) is 6.42 Å². The van der Waals surface area contributed by atoms with Crippen molar-refractivity contribution >= 4 is 0 Å². The molecule has 0 aromatic heterocycles. The van der Waals surface area contributed by atoms with Gasteiger partial charge in [0.1, 0.15) is 0 Å². The molecule has 0 atom stereocenters. The molecule has 0 unspecified atom stereocenters. The maximum absolute atomic E-state index is 2.12. The Labute approximate surface area is 74.8 Å². The predicted octanol–water partition coefficient (Wildman–Crippen LogP) is -4.29. The minimum Gasteiger partial charge on any atom is -0.228 e. The van der Waals surface area contributed by atoms with Crippen LogP contribution in [0.1, 0.15) is 6.42 Å². The third kappa shape index (κ3) is 4.70. The second-order valence-corrected chi connectivity index (χ2v) is 1.28. The van der Waals surface area contributed by atoms with Crippen LogP contribution in [-0.4, -0.2) is 0 Å². The first kappa shape index (κ1) is 11.4. The van der Waals surface area contributed by atoms with E-state index in [-0.39, 0.29) is 37.7 Å². The van der Waals surface area contributed by atoms with Gasteiger partial charge < -0.3 is 0 Å². The molecule has 1 aliphatic carbocycles. The van der Waals surface area contributed by atoms with Gasteiger partial charge in [0.25, 0.3) is 0 Å². The van der Waals surface area contributed by atoms with E-state index in [1.165, 1.54) is 0 Å². The van der Waals surface area contributed by atoms with Crippen LogP contribution in [0.3, 0.4) is 0 Å². The molecule has 0 bridgehead atoms. The fourth-order valence-electron chi connectivity index (χ4n) is 0.457. The fourth-order valence-corrected chi connectivity index (χ4v) is 0.457. The van der Waals surface area contributed by atoms with E-state index >= 15 is 0 Å². The smallest absolute Gasteiger partial charge is 0.228 e. The van der Waals surface area contributed by atoms with Crippen molar-refractivity contribution in [1.29, 1.82) is 0 Å². The zero-order chi connectivity index (χ0) is 4.24. The summed E-state index contributed by atoms with van der Waals surface area (Å²) >= 11 is 0. The number of rotatable bonds is 0. The van der Waals surface area contributed by atoms with Gasteiger partial charge in [-0.05, 0) is 0 Å². The van der Waals surface area contributed by atoms with Crippen LogP contribution in [0.2, 0.25) is 0 Å². The van der Waals surface area contributed by atoms with Crippen molar-refractivity contribution in [2.24, 2.45) is 0 Å². The van der Waals surface area contributed by atoms with Crippen molar-refractivity contribution in [3.05, 3.63) is 30.7 Å². The molecule has 0 spiro atoms. The van der Waals surface area contributed by atoms with E-state index in [4.69, 9.17) is 0 Å². The van der Waals surface area contributed by atoms with Crippen LogP contribution in [-0.2, 0) is 0 Å². The minimum atomic E-state index is 0. The van der Waals surface area contributed by atoms with Gasteiger partial charge in [-0.1, -0.05) is 6.42 Å². The van der Waals surface area contributed by atoms with E-state index in [0.29, 0.717) is 0 Å². The Kier molecular flexibility index (Phi) is 10.7. The van der Waals surface area contributed by atoms with Gasteiger partial charge >= 0.3 is 37.7 Å². The van der Waals surface area contributed by atoms with Gasteiger partial charge in [-0.3, -0.25) is 0 Å². The van der Waals surface area contributed by atoms with E-state index in [2.05, 4.69) is 24.6 Å². The molecule has 0 nitrogen and oxygen atoms in total. The molecular weight excluding hydrogens is 85.9 g/mol. The van der Waals surface area contributed by atoms with E-state index in [1.807, 2.05) is 6.08 Å². The molecule has 0 amide bonds. The maximum Gasteiger partial charge on any atom is 1.00 e. The third-order valence-electron chi connectivity index (χ3n) is 0.767. The molecular formula is C6H7Li2+. The van der Waals surface area contributed by atoms with Crippen LogP contribution in [0.4, 0.5) is 0 Å². The van der Waals surface area contributed by atoms with Crippen LogP contribution in [0.5, 0.6) is 0 Å². The molecule has 0 saturated heterocycles. The summed E-state index contributed by atoms with van der Waals surface area (Å²) < 4.78 is 0. The summed E-state index contributed by atoms with van der Waals surface area (Å²) in [6, 6.07) is 0. The van der Waals surface area contributed by atoms with Gasteiger partial charge in [0.2, 0.25) is 0 Å². The molecule has 1 rings (SSSR count). The monoisotopic (exact) mass is 93.1 g/mol. The van der Waals surface area contributed by atoms with Crippen molar-refractivity contribution < 1.29 is 37.7 Å². The fraction of sp³-hybridized carbons (Fsp3) is 0.167. The molecule has 0 saturated carbocycles. The van der Waals surface area contributed by atoms with Crippen LogP contribution in [0.15, 0.2) is 24.3 Å². The van der Waals surface area contributed by atoms with Crippen molar-refractivity contribution in [2.45, 2.75) is 6.42 Å². The van der Waals surface area contributed by atoms with Crippen LogP contribution in [0, 0.1) is 6.42 Å². The zero-order valence-corrected chi connectivity index (χ0v) is 5.59. The van der Waals surface area contributed by atoms with Crippen molar-refractivity contribution in [2.75, 3.05) is 0 Å². The molecule has 0 aromatic rings. The first-order valence-electron chi connectivity index (χ1n) is 2.15. The largest absolute Gasteiger partial charge is 1.00 e. The van der Waals surface area contributed by atoms with Crippen molar-refractivity contribution in [3.8, 4) is 0 Å². The third-order valence-corrected chi connectivity index (χ3v) is 0.767. The Bertz CT molecular complexity index is 72.5. The second-order valence-electron chi connectivity index (χ2n) is 1.28. The molecule has 0 radical (unpaired) electrons. The Morgan fingerprint density at radius 2 is 1.88 bits per heavy atom. The minimum absolute atomic E-state index is 0. The maximum atomic E-state index is 2.12. The Hall–Kier alpha value is 0.545. The topological polar surface area (TPSA) is 0 Å². The summed E-state index contributed by atoms with van der Waals surface area (Å²) in [5.41, 5.74) is 0. The molecule has 0 fully saturated rings. The van der Waals surface area contributed by atoms with E-state index in [9.17, 15) is 0 Å². The van der Waals surface area contributed by atoms with Gasteiger partial charge in [-0.25, -0.2) is 18.6 Å². The van der Waals surface area contributed by atoms with Crippen LogP contribution >= 0.6 is 0 Å². The Morgan fingerprint density at radius 1 is 1.12 bits per heavy atom. The SMILES string of the molecule is C1=C[CH-]CC=C1.[Li+].[Li+]. The van der Waals surface area contributed by atoms with E-state index in [1.54, 1.807) is 0 Å². The Balaban J connectivity index is 0. The van der Waals surface area contributed by atoms with Crippen molar-refractivity contribution in [3.63, 3.8) is 0 Å². The first-order chi connectivity index (χ1) is 3.00. The Morgan fingerprint density at radius 3 is 2.00 bits per heavy atom. The van der Waals surface area contributed by atoms with Gasteiger partial charge in [0, 0.05) is 0 Å². The number of hydrogen-bond acceptors (Lipinski definition) is 0. The molecule has 8 heavy (non-hydrogen) atoms. The molecule has 0 heterocycles. The number of hydrogen-bond donors (Lipinski definition) is 0. The standard InChI is InChI=1S/C6H7.2Li/c1-2-4-6-5-3-1;;/h1-5H,6H2;;/q-1;2*+1. The average molecular weight is 93.0 g/mol. The molecule has 0 aromatic carbocycles.